The SMILES string of the molecule is CCCCC1(CCCC)CN(c2ccc(C(=O)C(C)(C)C)cc2)c2cc(SC)c(O/C=C/C(=O)O)cc2S(=O)(=O)C1. The molecule has 224 valence electrons. The molecule has 7 nitrogen and oxygen atoms in total. The third-order valence-electron chi connectivity index (χ3n) is 7.51. The van der Waals surface area contributed by atoms with Crippen LogP contribution >= 0.6 is 11.8 Å². The number of Topliss-reactive ketones (excluding diaryl/α,β-unsaturated/α-hetero) is 1. The van der Waals surface area contributed by atoms with E-state index in [-0.39, 0.29) is 22.2 Å². The highest BCUT2D eigenvalue weighted by Gasteiger charge is 2.42. The monoisotopic (exact) mass is 601 g/mol. The minimum atomic E-state index is -3.74. The van der Waals surface area contributed by atoms with Gasteiger partial charge in [-0.05, 0) is 49.4 Å². The zero-order chi connectivity index (χ0) is 30.4. The molecule has 0 bridgehead atoms. The van der Waals surface area contributed by atoms with Crippen LogP contribution in [0.25, 0.3) is 0 Å². The molecule has 9 heteroatoms. The second kappa shape index (κ2) is 13.5. The van der Waals surface area contributed by atoms with Crippen molar-refractivity contribution in [1.29, 1.82) is 0 Å². The molecular weight excluding hydrogens is 558 g/mol. The first-order valence-corrected chi connectivity index (χ1v) is 17.1. The summed E-state index contributed by atoms with van der Waals surface area (Å²) < 4.78 is 33.9. The number of aliphatic carboxylic acids is 1. The van der Waals surface area contributed by atoms with E-state index in [2.05, 4.69) is 18.7 Å². The van der Waals surface area contributed by atoms with Crippen molar-refractivity contribution < 1.29 is 27.9 Å². The Labute approximate surface area is 249 Å². The van der Waals surface area contributed by atoms with Crippen LogP contribution in [0.5, 0.6) is 5.75 Å². The van der Waals surface area contributed by atoms with Gasteiger partial charge >= 0.3 is 5.97 Å². The van der Waals surface area contributed by atoms with Crippen molar-refractivity contribution in [1.82, 2.24) is 0 Å². The van der Waals surface area contributed by atoms with Gasteiger partial charge in [-0.25, -0.2) is 13.2 Å². The van der Waals surface area contributed by atoms with E-state index in [1.165, 1.54) is 17.8 Å². The van der Waals surface area contributed by atoms with Crippen LogP contribution in [0.1, 0.15) is 83.5 Å². The van der Waals surface area contributed by atoms with Crippen LogP contribution in [0, 0.1) is 10.8 Å². The summed E-state index contributed by atoms with van der Waals surface area (Å²) in [6, 6.07) is 10.8. The van der Waals surface area contributed by atoms with Gasteiger partial charge in [-0.3, -0.25) is 4.79 Å². The van der Waals surface area contributed by atoms with E-state index < -0.39 is 26.6 Å². The van der Waals surface area contributed by atoms with E-state index in [1.807, 2.05) is 57.4 Å². The summed E-state index contributed by atoms with van der Waals surface area (Å²) in [4.78, 5) is 26.9. The number of nitrogens with zero attached hydrogens (tertiary/aromatic N) is 1. The van der Waals surface area contributed by atoms with Crippen molar-refractivity contribution in [2.24, 2.45) is 10.8 Å². The molecule has 0 fully saturated rings. The number of unbranched alkanes of at least 4 members (excludes halogenated alkanes) is 2. The number of benzene rings is 2. The molecule has 2 aromatic rings. The maximum absolute atomic E-state index is 14.2. The number of rotatable bonds is 12. The zero-order valence-corrected chi connectivity index (χ0v) is 26.7. The van der Waals surface area contributed by atoms with Crippen molar-refractivity contribution >= 4 is 44.7 Å². The number of carboxylic acids is 1. The third-order valence-corrected chi connectivity index (χ3v) is 10.3. The van der Waals surface area contributed by atoms with Crippen LogP contribution in [0.15, 0.2) is 58.5 Å². The Morgan fingerprint density at radius 1 is 1.07 bits per heavy atom. The highest BCUT2D eigenvalue weighted by molar-refractivity contribution is 7.98. The Hall–Kier alpha value is -2.78. The first-order valence-electron chi connectivity index (χ1n) is 14.2. The number of carbonyl (C=O) groups excluding carboxylic acids is 1. The van der Waals surface area contributed by atoms with Crippen LogP contribution in [0.2, 0.25) is 0 Å². The third kappa shape index (κ3) is 7.95. The molecule has 0 atom stereocenters. The van der Waals surface area contributed by atoms with E-state index in [1.54, 1.807) is 0 Å². The summed E-state index contributed by atoms with van der Waals surface area (Å²) in [5, 5.41) is 8.99. The molecule has 0 amide bonds. The smallest absolute Gasteiger partial charge is 0.331 e. The molecule has 3 rings (SSSR count). The zero-order valence-electron chi connectivity index (χ0n) is 25.0. The fraction of sp³-hybridized carbons (Fsp3) is 0.500. The molecule has 0 saturated carbocycles. The molecular formula is C32H43NO6S2. The number of thioether (sulfide) groups is 1. The quantitative estimate of drug-likeness (QED) is 0.113. The molecule has 0 unspecified atom stereocenters. The second-order valence-electron chi connectivity index (χ2n) is 11.9. The molecule has 1 heterocycles. The van der Waals surface area contributed by atoms with Crippen molar-refractivity contribution in [2.75, 3.05) is 23.5 Å². The fourth-order valence-electron chi connectivity index (χ4n) is 5.34. The Balaban J connectivity index is 2.25. The van der Waals surface area contributed by atoms with Crippen LogP contribution in [-0.2, 0) is 14.6 Å². The predicted octanol–water partition coefficient (Wildman–Crippen LogP) is 7.91. The molecule has 0 radical (unpaired) electrons. The van der Waals surface area contributed by atoms with Gasteiger partial charge in [0.25, 0.3) is 0 Å². The average molecular weight is 602 g/mol. The van der Waals surface area contributed by atoms with Crippen LogP contribution < -0.4 is 9.64 Å². The topological polar surface area (TPSA) is 101 Å². The Kier molecular flexibility index (Phi) is 10.7. The summed E-state index contributed by atoms with van der Waals surface area (Å²) in [6.45, 7) is 10.4. The van der Waals surface area contributed by atoms with E-state index >= 15 is 0 Å². The van der Waals surface area contributed by atoms with Gasteiger partial charge in [0, 0.05) is 34.7 Å². The summed E-state index contributed by atoms with van der Waals surface area (Å²) >= 11 is 1.40. The molecule has 2 aromatic carbocycles. The van der Waals surface area contributed by atoms with Crippen LogP contribution in [-0.4, -0.2) is 43.8 Å². The number of ether oxygens (including phenoxy) is 1. The lowest BCUT2D eigenvalue weighted by molar-refractivity contribution is -0.131. The number of carboxylic acid groups (broad SMARTS) is 1. The van der Waals surface area contributed by atoms with Gasteiger partial charge in [-0.1, -0.05) is 60.3 Å². The number of hydrogen-bond acceptors (Lipinski definition) is 7. The summed E-state index contributed by atoms with van der Waals surface area (Å²) in [6.07, 6.45) is 9.15. The van der Waals surface area contributed by atoms with Gasteiger partial charge < -0.3 is 14.7 Å². The largest absolute Gasteiger partial charge is 0.478 e. The van der Waals surface area contributed by atoms with E-state index in [4.69, 9.17) is 9.84 Å². The minimum absolute atomic E-state index is 0.0209. The summed E-state index contributed by atoms with van der Waals surface area (Å²) in [5.41, 5.74) is 1.02. The summed E-state index contributed by atoms with van der Waals surface area (Å²) in [7, 11) is -3.74. The molecule has 1 aliphatic rings. The van der Waals surface area contributed by atoms with Crippen LogP contribution in [0.3, 0.4) is 0 Å². The Morgan fingerprint density at radius 2 is 1.68 bits per heavy atom. The lowest BCUT2D eigenvalue weighted by Crippen LogP contribution is -2.38. The first-order chi connectivity index (χ1) is 19.3. The Bertz CT molecular complexity index is 1370. The van der Waals surface area contributed by atoms with Crippen molar-refractivity contribution in [2.45, 2.75) is 82.9 Å². The number of hydrogen-bond donors (Lipinski definition) is 1. The lowest BCUT2D eigenvalue weighted by Gasteiger charge is -2.37. The standard InChI is InChI=1S/C32H43NO6S2/c1-7-9-16-32(17-10-8-2)21-33(24-13-11-23(12-14-24)30(36)31(3,4)5)25-19-27(40-6)26(39-18-15-29(34)35)20-28(25)41(37,38)22-32/h11-15,18-20H,7-10,16-17,21-22H2,1-6H3,(H,34,35)/b18-15+. The molecule has 0 saturated heterocycles. The van der Waals surface area contributed by atoms with Gasteiger partial charge in [0.1, 0.15) is 5.75 Å². The second-order valence-corrected chi connectivity index (χ2v) is 14.7. The molecule has 1 aliphatic heterocycles. The molecule has 0 spiro atoms. The highest BCUT2D eigenvalue weighted by Crippen LogP contribution is 2.48. The van der Waals surface area contributed by atoms with Gasteiger partial charge in [-0.2, -0.15) is 0 Å². The summed E-state index contributed by atoms with van der Waals surface area (Å²) in [5.74, 6) is -0.802. The predicted molar refractivity (Wildman–Crippen MR) is 166 cm³/mol. The molecule has 1 N–H and O–H groups in total. The van der Waals surface area contributed by atoms with Crippen molar-refractivity contribution in [3.8, 4) is 5.75 Å². The molecule has 41 heavy (non-hydrogen) atoms. The number of fused-ring (bicyclic) bond motifs is 1. The molecule has 0 aromatic heterocycles. The number of ketones is 1. The van der Waals surface area contributed by atoms with Crippen molar-refractivity contribution in [3.05, 3.63) is 54.3 Å². The van der Waals surface area contributed by atoms with E-state index in [9.17, 15) is 18.0 Å². The van der Waals surface area contributed by atoms with Gasteiger partial charge in [0.15, 0.2) is 15.6 Å². The number of anilines is 2. The number of carbonyl (C=O) groups is 2. The minimum Gasteiger partial charge on any atom is -0.478 e. The maximum Gasteiger partial charge on any atom is 0.331 e. The number of sulfone groups is 1. The van der Waals surface area contributed by atoms with Gasteiger partial charge in [0.2, 0.25) is 0 Å². The van der Waals surface area contributed by atoms with Crippen molar-refractivity contribution in [3.63, 3.8) is 0 Å². The van der Waals surface area contributed by atoms with Crippen LogP contribution in [0.4, 0.5) is 11.4 Å². The fourth-order valence-corrected chi connectivity index (χ4v) is 8.00. The maximum atomic E-state index is 14.2. The van der Waals surface area contributed by atoms with E-state index in [0.29, 0.717) is 22.7 Å². The van der Waals surface area contributed by atoms with Gasteiger partial charge in [-0.15, -0.1) is 11.8 Å². The lowest BCUT2D eigenvalue weighted by atomic mass is 9.79. The Morgan fingerprint density at radius 3 is 2.20 bits per heavy atom. The average Bonchev–Trinajstić information content (AvgIpc) is 3.01. The highest BCUT2D eigenvalue weighted by atomic mass is 32.2. The molecule has 0 aliphatic carbocycles. The van der Waals surface area contributed by atoms with Gasteiger partial charge in [0.05, 0.1) is 33.6 Å². The normalized spacial score (nSPS) is 16.3. The first kappa shape index (κ1) is 32.7. The van der Waals surface area contributed by atoms with E-state index in [0.717, 1.165) is 56.6 Å².